The Hall–Kier alpha value is 0.130. The molecule has 10 heavy (non-hydrogen) atoms. The van der Waals surface area contributed by atoms with Crippen LogP contribution in [-0.2, 0) is 4.79 Å². The van der Waals surface area contributed by atoms with Crippen LogP contribution in [0.2, 0.25) is 0 Å². The third-order valence-electron chi connectivity index (χ3n) is 0.850. The Morgan fingerprint density at radius 1 is 1.80 bits per heavy atom. The van der Waals surface area contributed by atoms with Gasteiger partial charge >= 0.3 is 5.97 Å². The maximum atomic E-state index is 10.1. The van der Waals surface area contributed by atoms with Crippen LogP contribution >= 0.6 is 24.4 Å². The quantitative estimate of drug-likeness (QED) is 0.414. The van der Waals surface area contributed by atoms with Crippen molar-refractivity contribution in [3.63, 3.8) is 0 Å². The summed E-state index contributed by atoms with van der Waals surface area (Å²) in [5.74, 6) is 1.14. The molecule has 5 heteroatoms. The highest BCUT2D eigenvalue weighted by molar-refractivity contribution is 8.00. The number of nitrogens with two attached hydrogens (primary N) is 1. The molecule has 0 spiro atoms. The van der Waals surface area contributed by atoms with E-state index in [1.165, 1.54) is 11.8 Å². The molecule has 0 aliphatic heterocycles. The van der Waals surface area contributed by atoms with Crippen LogP contribution in [0.3, 0.4) is 0 Å². The lowest BCUT2D eigenvalue weighted by atomic mass is 10.4. The second kappa shape index (κ2) is 5.88. The minimum atomic E-state index is -0.938. The summed E-state index contributed by atoms with van der Waals surface area (Å²) in [4.78, 5) is 10.1. The lowest BCUT2D eigenvalue weighted by Gasteiger charge is -2.03. The molecule has 0 aromatic rings. The van der Waals surface area contributed by atoms with Crippen molar-refractivity contribution in [2.45, 2.75) is 6.04 Å². The SMILES string of the molecule is N[C@@H](CSCCS)C(=O)O. The van der Waals surface area contributed by atoms with E-state index >= 15 is 0 Å². The Labute approximate surface area is 69.8 Å². The van der Waals surface area contributed by atoms with Gasteiger partial charge in [0.25, 0.3) is 0 Å². The first kappa shape index (κ1) is 10.1. The van der Waals surface area contributed by atoms with Crippen LogP contribution in [0.15, 0.2) is 0 Å². The first-order valence-electron chi connectivity index (χ1n) is 2.85. The highest BCUT2D eigenvalue weighted by Gasteiger charge is 2.09. The predicted molar refractivity (Wildman–Crippen MR) is 46.8 cm³/mol. The van der Waals surface area contributed by atoms with Crippen molar-refractivity contribution in [3.8, 4) is 0 Å². The zero-order chi connectivity index (χ0) is 7.98. The third kappa shape index (κ3) is 4.96. The van der Waals surface area contributed by atoms with Gasteiger partial charge in [-0.25, -0.2) is 0 Å². The maximum absolute atomic E-state index is 10.1. The fourth-order valence-corrected chi connectivity index (χ4v) is 1.43. The number of hydrogen-bond donors (Lipinski definition) is 3. The topological polar surface area (TPSA) is 63.3 Å². The van der Waals surface area contributed by atoms with Crippen LogP contribution in [0.25, 0.3) is 0 Å². The fourth-order valence-electron chi connectivity index (χ4n) is 0.346. The molecule has 0 aliphatic rings. The van der Waals surface area contributed by atoms with Crippen molar-refractivity contribution in [2.24, 2.45) is 5.73 Å². The second-order valence-corrected chi connectivity index (χ2v) is 3.34. The van der Waals surface area contributed by atoms with Crippen LogP contribution in [0, 0.1) is 0 Å². The Morgan fingerprint density at radius 2 is 2.40 bits per heavy atom. The van der Waals surface area contributed by atoms with Gasteiger partial charge in [0, 0.05) is 11.5 Å². The van der Waals surface area contributed by atoms with E-state index in [0.717, 1.165) is 11.5 Å². The van der Waals surface area contributed by atoms with Crippen molar-refractivity contribution < 1.29 is 9.90 Å². The molecule has 0 rings (SSSR count). The molecular formula is C5H11NO2S2. The molecular weight excluding hydrogens is 170 g/mol. The predicted octanol–water partition coefficient (Wildman–Crippen LogP) is 0.0613. The number of carbonyl (C=O) groups is 1. The third-order valence-corrected chi connectivity index (χ3v) is 2.46. The molecule has 1 atom stereocenters. The van der Waals surface area contributed by atoms with Gasteiger partial charge in [0.05, 0.1) is 0 Å². The molecule has 60 valence electrons. The van der Waals surface area contributed by atoms with Crippen molar-refractivity contribution in [1.29, 1.82) is 0 Å². The maximum Gasteiger partial charge on any atom is 0.321 e. The highest BCUT2D eigenvalue weighted by atomic mass is 32.2. The van der Waals surface area contributed by atoms with E-state index in [4.69, 9.17) is 10.8 Å². The first-order chi connectivity index (χ1) is 4.68. The smallest absolute Gasteiger partial charge is 0.321 e. The van der Waals surface area contributed by atoms with E-state index < -0.39 is 12.0 Å². The molecule has 3 N–H and O–H groups in total. The van der Waals surface area contributed by atoms with Crippen molar-refractivity contribution in [3.05, 3.63) is 0 Å². The lowest BCUT2D eigenvalue weighted by molar-refractivity contribution is -0.137. The first-order valence-corrected chi connectivity index (χ1v) is 4.64. The molecule has 0 amide bonds. The van der Waals surface area contributed by atoms with Crippen molar-refractivity contribution in [1.82, 2.24) is 0 Å². The van der Waals surface area contributed by atoms with Crippen LogP contribution in [-0.4, -0.2) is 34.4 Å². The van der Waals surface area contributed by atoms with E-state index in [1.807, 2.05) is 0 Å². The average molecular weight is 181 g/mol. The molecule has 0 heterocycles. The normalized spacial score (nSPS) is 13.0. The summed E-state index contributed by atoms with van der Waals surface area (Å²) in [5.41, 5.74) is 5.21. The number of hydrogen-bond acceptors (Lipinski definition) is 4. The number of carboxylic acids is 1. The van der Waals surface area contributed by atoms with Gasteiger partial charge in [0.15, 0.2) is 0 Å². The largest absolute Gasteiger partial charge is 0.480 e. The van der Waals surface area contributed by atoms with Gasteiger partial charge in [-0.1, -0.05) is 0 Å². The van der Waals surface area contributed by atoms with Crippen molar-refractivity contribution in [2.75, 3.05) is 17.3 Å². The molecule has 0 aromatic heterocycles. The Balaban J connectivity index is 3.21. The summed E-state index contributed by atoms with van der Waals surface area (Å²) in [6, 6.07) is -0.732. The summed E-state index contributed by atoms with van der Waals surface area (Å²) < 4.78 is 0. The Kier molecular flexibility index (Phi) is 5.96. The summed E-state index contributed by atoms with van der Waals surface area (Å²) >= 11 is 5.47. The van der Waals surface area contributed by atoms with Gasteiger partial charge in [0.2, 0.25) is 0 Å². The number of aliphatic carboxylic acids is 1. The Bertz CT molecular complexity index is 110. The van der Waals surface area contributed by atoms with Crippen LogP contribution in [0.5, 0.6) is 0 Å². The van der Waals surface area contributed by atoms with Gasteiger partial charge in [-0.2, -0.15) is 24.4 Å². The lowest BCUT2D eigenvalue weighted by Crippen LogP contribution is -2.32. The zero-order valence-electron chi connectivity index (χ0n) is 5.49. The number of carboxylic acid groups (broad SMARTS) is 1. The van der Waals surface area contributed by atoms with Crippen LogP contribution in [0.1, 0.15) is 0 Å². The highest BCUT2D eigenvalue weighted by Crippen LogP contribution is 2.01. The molecule has 0 unspecified atom stereocenters. The summed E-state index contributed by atoms with van der Waals surface area (Å²) in [5, 5.41) is 8.32. The molecule has 0 aromatic carbocycles. The number of rotatable bonds is 5. The molecule has 0 saturated carbocycles. The van der Waals surface area contributed by atoms with E-state index in [1.54, 1.807) is 0 Å². The Morgan fingerprint density at radius 3 is 2.80 bits per heavy atom. The number of thioether (sulfide) groups is 1. The van der Waals surface area contributed by atoms with Gasteiger partial charge in [-0.15, -0.1) is 0 Å². The molecule has 0 aliphatic carbocycles. The van der Waals surface area contributed by atoms with Gasteiger partial charge in [-0.3, -0.25) is 4.79 Å². The monoisotopic (exact) mass is 181 g/mol. The minimum Gasteiger partial charge on any atom is -0.480 e. The molecule has 0 radical (unpaired) electrons. The number of thiol groups is 1. The summed E-state index contributed by atoms with van der Waals surface area (Å²) in [6.45, 7) is 0. The summed E-state index contributed by atoms with van der Waals surface area (Å²) in [6.07, 6.45) is 0. The molecule has 3 nitrogen and oxygen atoms in total. The van der Waals surface area contributed by atoms with Crippen molar-refractivity contribution >= 4 is 30.4 Å². The van der Waals surface area contributed by atoms with E-state index in [0.29, 0.717) is 5.75 Å². The fraction of sp³-hybridized carbons (Fsp3) is 0.800. The molecule has 0 bridgehead atoms. The van der Waals surface area contributed by atoms with E-state index in [-0.39, 0.29) is 0 Å². The zero-order valence-corrected chi connectivity index (χ0v) is 7.20. The van der Waals surface area contributed by atoms with E-state index in [2.05, 4.69) is 12.6 Å². The standard InChI is InChI=1S/C5H11NO2S2/c6-4(5(7)8)3-10-2-1-9/h4,9H,1-3,6H2,(H,7,8)/t4-/m0/s1. The summed E-state index contributed by atoms with van der Waals surface area (Å²) in [7, 11) is 0. The minimum absolute atomic E-state index is 0.468. The second-order valence-electron chi connectivity index (χ2n) is 1.74. The molecule has 0 fully saturated rings. The average Bonchev–Trinajstić information content (AvgIpc) is 1.88. The van der Waals surface area contributed by atoms with Gasteiger partial charge in [-0.05, 0) is 5.75 Å². The van der Waals surface area contributed by atoms with Gasteiger partial charge in [0.1, 0.15) is 6.04 Å². The van der Waals surface area contributed by atoms with Crippen LogP contribution < -0.4 is 5.73 Å². The molecule has 0 saturated heterocycles. The van der Waals surface area contributed by atoms with Gasteiger partial charge < -0.3 is 10.8 Å². The van der Waals surface area contributed by atoms with E-state index in [9.17, 15) is 4.79 Å². The van der Waals surface area contributed by atoms with Crippen LogP contribution in [0.4, 0.5) is 0 Å².